The predicted octanol–water partition coefficient (Wildman–Crippen LogP) is 4.56. The maximum atomic E-state index is 9.85. The fourth-order valence-corrected chi connectivity index (χ4v) is 2.70. The van der Waals surface area contributed by atoms with E-state index in [1.54, 1.807) is 0 Å². The van der Waals surface area contributed by atoms with Gasteiger partial charge in [-0.2, -0.15) is 0 Å². The second-order valence-electron chi connectivity index (χ2n) is 5.91. The maximum absolute atomic E-state index is 9.85. The normalized spacial score (nSPS) is 25.4. The summed E-state index contributed by atoms with van der Waals surface area (Å²) in [4.78, 5) is 0. The summed E-state index contributed by atoms with van der Waals surface area (Å²) in [5.41, 5.74) is 4.00. The molecule has 0 aromatic heterocycles. The van der Waals surface area contributed by atoms with Crippen molar-refractivity contribution in [3.05, 3.63) is 47.1 Å². The zero-order chi connectivity index (χ0) is 13.8. The van der Waals surface area contributed by atoms with E-state index in [-0.39, 0.29) is 11.5 Å². The van der Waals surface area contributed by atoms with Crippen LogP contribution in [-0.4, -0.2) is 11.2 Å². The van der Waals surface area contributed by atoms with Crippen molar-refractivity contribution in [2.75, 3.05) is 0 Å². The third-order valence-electron chi connectivity index (χ3n) is 3.54. The Balaban J connectivity index is 2.94. The Morgan fingerprint density at radius 1 is 1.39 bits per heavy atom. The standard InChI is InChI=1S/C17H26O/c1-6-7-8-13(2)9-10-16-14(3)11-15(18)12-17(16,4)5/h6-10,15,18H,11-12H2,1-5H3/b7-6+,10-9+,13-8+. The molecule has 0 saturated carbocycles. The Morgan fingerprint density at radius 2 is 2.06 bits per heavy atom. The summed E-state index contributed by atoms with van der Waals surface area (Å²) in [6.07, 6.45) is 12.0. The SMILES string of the molecule is C/C=C/C=C(C)/C=C/C1=C(C)CC(O)CC1(C)C. The van der Waals surface area contributed by atoms with Gasteiger partial charge in [-0.3, -0.25) is 0 Å². The van der Waals surface area contributed by atoms with Gasteiger partial charge in [0.25, 0.3) is 0 Å². The lowest BCUT2D eigenvalue weighted by atomic mass is 9.71. The molecule has 1 aliphatic carbocycles. The second-order valence-corrected chi connectivity index (χ2v) is 5.91. The van der Waals surface area contributed by atoms with Crippen LogP contribution in [0.4, 0.5) is 0 Å². The van der Waals surface area contributed by atoms with Crippen LogP contribution in [0.2, 0.25) is 0 Å². The lowest BCUT2D eigenvalue weighted by Gasteiger charge is -2.35. The van der Waals surface area contributed by atoms with E-state index in [1.165, 1.54) is 16.7 Å². The molecule has 1 N–H and O–H groups in total. The van der Waals surface area contributed by atoms with Gasteiger partial charge >= 0.3 is 0 Å². The molecule has 18 heavy (non-hydrogen) atoms. The highest BCUT2D eigenvalue weighted by molar-refractivity contribution is 5.37. The molecule has 100 valence electrons. The zero-order valence-electron chi connectivity index (χ0n) is 12.3. The van der Waals surface area contributed by atoms with E-state index in [9.17, 15) is 5.11 Å². The Bertz CT molecular complexity index is 405. The average Bonchev–Trinajstić information content (AvgIpc) is 2.23. The van der Waals surface area contributed by atoms with Crippen LogP contribution in [0.25, 0.3) is 0 Å². The van der Waals surface area contributed by atoms with E-state index >= 15 is 0 Å². The van der Waals surface area contributed by atoms with Gasteiger partial charge in [-0.1, -0.05) is 55.4 Å². The van der Waals surface area contributed by atoms with Crippen LogP contribution in [-0.2, 0) is 0 Å². The monoisotopic (exact) mass is 246 g/mol. The average molecular weight is 246 g/mol. The Hall–Kier alpha value is -1.08. The van der Waals surface area contributed by atoms with Gasteiger partial charge in [0.1, 0.15) is 0 Å². The van der Waals surface area contributed by atoms with Gasteiger partial charge in [-0.25, -0.2) is 0 Å². The summed E-state index contributed by atoms with van der Waals surface area (Å²) in [5.74, 6) is 0. The van der Waals surface area contributed by atoms with Crippen molar-refractivity contribution in [2.24, 2.45) is 5.41 Å². The highest BCUT2D eigenvalue weighted by atomic mass is 16.3. The van der Waals surface area contributed by atoms with Gasteiger partial charge in [-0.05, 0) is 44.6 Å². The molecule has 0 heterocycles. The fourth-order valence-electron chi connectivity index (χ4n) is 2.70. The quantitative estimate of drug-likeness (QED) is 0.724. The molecular formula is C17H26O. The lowest BCUT2D eigenvalue weighted by molar-refractivity contribution is 0.116. The molecule has 0 amide bonds. The maximum Gasteiger partial charge on any atom is 0.0585 e. The Kier molecular flexibility index (Phi) is 5.15. The van der Waals surface area contributed by atoms with E-state index in [1.807, 2.05) is 13.0 Å². The summed E-state index contributed by atoms with van der Waals surface area (Å²) in [5, 5.41) is 9.85. The van der Waals surface area contributed by atoms with Crippen molar-refractivity contribution in [2.45, 2.75) is 53.6 Å². The van der Waals surface area contributed by atoms with Gasteiger partial charge < -0.3 is 5.11 Å². The van der Waals surface area contributed by atoms with E-state index in [2.05, 4.69) is 52.0 Å². The number of aliphatic hydroxyl groups is 1. The molecular weight excluding hydrogens is 220 g/mol. The third-order valence-corrected chi connectivity index (χ3v) is 3.54. The van der Waals surface area contributed by atoms with Crippen molar-refractivity contribution in [1.29, 1.82) is 0 Å². The van der Waals surface area contributed by atoms with E-state index in [0.717, 1.165) is 12.8 Å². The van der Waals surface area contributed by atoms with Gasteiger partial charge in [0.2, 0.25) is 0 Å². The molecule has 0 aromatic carbocycles. The van der Waals surface area contributed by atoms with Gasteiger partial charge in [-0.15, -0.1) is 0 Å². The van der Waals surface area contributed by atoms with Crippen LogP contribution in [0.5, 0.6) is 0 Å². The fraction of sp³-hybridized carbons (Fsp3) is 0.529. The highest BCUT2D eigenvalue weighted by Gasteiger charge is 2.31. The molecule has 0 saturated heterocycles. The molecule has 1 aliphatic rings. The van der Waals surface area contributed by atoms with Crippen molar-refractivity contribution >= 4 is 0 Å². The number of rotatable bonds is 3. The minimum absolute atomic E-state index is 0.0686. The lowest BCUT2D eigenvalue weighted by Crippen LogP contribution is -2.28. The molecule has 1 rings (SSSR count). The summed E-state index contributed by atoms with van der Waals surface area (Å²) in [6.45, 7) is 10.7. The molecule has 1 heteroatoms. The van der Waals surface area contributed by atoms with Crippen LogP contribution >= 0.6 is 0 Å². The number of aliphatic hydroxyl groups excluding tert-OH is 1. The van der Waals surface area contributed by atoms with Crippen LogP contribution in [0.15, 0.2) is 47.1 Å². The molecule has 0 fully saturated rings. The smallest absolute Gasteiger partial charge is 0.0585 e. The van der Waals surface area contributed by atoms with Gasteiger partial charge in [0, 0.05) is 0 Å². The van der Waals surface area contributed by atoms with E-state index in [0.29, 0.717) is 0 Å². The van der Waals surface area contributed by atoms with E-state index < -0.39 is 0 Å². The highest BCUT2D eigenvalue weighted by Crippen LogP contribution is 2.40. The van der Waals surface area contributed by atoms with Crippen LogP contribution in [0.1, 0.15) is 47.5 Å². The Labute approximate surface area is 112 Å². The Morgan fingerprint density at radius 3 is 2.61 bits per heavy atom. The molecule has 0 aromatic rings. The summed E-state index contributed by atoms with van der Waals surface area (Å²) < 4.78 is 0. The van der Waals surface area contributed by atoms with E-state index in [4.69, 9.17) is 0 Å². The summed E-state index contributed by atoms with van der Waals surface area (Å²) in [7, 11) is 0. The first kappa shape index (κ1) is 15.0. The predicted molar refractivity (Wildman–Crippen MR) is 79.4 cm³/mol. The second kappa shape index (κ2) is 6.19. The summed E-state index contributed by atoms with van der Waals surface area (Å²) in [6, 6.07) is 0. The number of hydrogen-bond donors (Lipinski definition) is 1. The van der Waals surface area contributed by atoms with Crippen LogP contribution in [0.3, 0.4) is 0 Å². The van der Waals surface area contributed by atoms with Crippen molar-refractivity contribution < 1.29 is 5.11 Å². The molecule has 1 atom stereocenters. The van der Waals surface area contributed by atoms with Gasteiger partial charge in [0.15, 0.2) is 0 Å². The largest absolute Gasteiger partial charge is 0.393 e. The first-order valence-corrected chi connectivity index (χ1v) is 6.73. The number of hydrogen-bond acceptors (Lipinski definition) is 1. The molecule has 0 aliphatic heterocycles. The minimum Gasteiger partial charge on any atom is -0.393 e. The minimum atomic E-state index is -0.184. The molecule has 1 unspecified atom stereocenters. The topological polar surface area (TPSA) is 20.2 Å². The zero-order valence-corrected chi connectivity index (χ0v) is 12.3. The summed E-state index contributed by atoms with van der Waals surface area (Å²) >= 11 is 0. The molecule has 0 radical (unpaired) electrons. The number of allylic oxidation sites excluding steroid dienone is 7. The molecule has 1 nitrogen and oxygen atoms in total. The first-order chi connectivity index (χ1) is 8.36. The molecule has 0 bridgehead atoms. The van der Waals surface area contributed by atoms with Crippen LogP contribution < -0.4 is 0 Å². The van der Waals surface area contributed by atoms with Crippen molar-refractivity contribution in [3.63, 3.8) is 0 Å². The van der Waals surface area contributed by atoms with Gasteiger partial charge in [0.05, 0.1) is 6.10 Å². The van der Waals surface area contributed by atoms with Crippen LogP contribution in [0, 0.1) is 5.41 Å². The third kappa shape index (κ3) is 3.99. The molecule has 0 spiro atoms. The first-order valence-electron chi connectivity index (χ1n) is 6.73. The van der Waals surface area contributed by atoms with Crippen molar-refractivity contribution in [1.82, 2.24) is 0 Å². The van der Waals surface area contributed by atoms with Crippen molar-refractivity contribution in [3.8, 4) is 0 Å².